The van der Waals surface area contributed by atoms with Crippen LogP contribution in [-0.4, -0.2) is 25.5 Å². The van der Waals surface area contributed by atoms with Gasteiger partial charge in [-0.15, -0.1) is 0 Å². The van der Waals surface area contributed by atoms with Gasteiger partial charge in [0.2, 0.25) is 0 Å². The molecule has 1 aromatic rings. The number of hydrogen-bond acceptors (Lipinski definition) is 1. The SMILES string of the molecule is CCCCCCCCCCCCCCCC(CCc1ccccc1)CCN(C)C. The summed E-state index contributed by atoms with van der Waals surface area (Å²) in [7, 11) is 4.42. The van der Waals surface area contributed by atoms with Crippen molar-refractivity contribution in [1.82, 2.24) is 4.90 Å². The first kappa shape index (κ1) is 26.2. The van der Waals surface area contributed by atoms with Gasteiger partial charge >= 0.3 is 0 Å². The smallest absolute Gasteiger partial charge is 0.00222 e. The van der Waals surface area contributed by atoms with E-state index in [-0.39, 0.29) is 0 Å². The zero-order chi connectivity index (χ0) is 21.0. The molecule has 0 spiro atoms. The van der Waals surface area contributed by atoms with Crippen molar-refractivity contribution in [1.29, 1.82) is 0 Å². The van der Waals surface area contributed by atoms with Gasteiger partial charge < -0.3 is 4.90 Å². The molecule has 168 valence electrons. The average molecular weight is 402 g/mol. The number of nitrogens with zero attached hydrogens (tertiary/aromatic N) is 1. The Kier molecular flexibility index (Phi) is 17.3. The molecule has 0 aliphatic rings. The Morgan fingerprint density at radius 3 is 1.66 bits per heavy atom. The second-order valence-corrected chi connectivity index (χ2v) is 9.51. The van der Waals surface area contributed by atoms with Gasteiger partial charge in [-0.2, -0.15) is 0 Å². The highest BCUT2D eigenvalue weighted by atomic mass is 15.0. The van der Waals surface area contributed by atoms with Gasteiger partial charge in [0.15, 0.2) is 0 Å². The van der Waals surface area contributed by atoms with E-state index in [1.54, 1.807) is 0 Å². The first-order valence-corrected chi connectivity index (χ1v) is 12.9. The minimum absolute atomic E-state index is 0.894. The fourth-order valence-electron chi connectivity index (χ4n) is 4.34. The summed E-state index contributed by atoms with van der Waals surface area (Å²) in [6.45, 7) is 3.53. The van der Waals surface area contributed by atoms with E-state index in [1.165, 1.54) is 121 Å². The van der Waals surface area contributed by atoms with Crippen molar-refractivity contribution in [2.45, 2.75) is 116 Å². The molecule has 1 rings (SSSR count). The summed E-state index contributed by atoms with van der Waals surface area (Å²) in [5, 5.41) is 0. The third-order valence-electron chi connectivity index (χ3n) is 6.38. The molecule has 0 saturated heterocycles. The first-order valence-electron chi connectivity index (χ1n) is 12.9. The Morgan fingerprint density at radius 1 is 0.621 bits per heavy atom. The van der Waals surface area contributed by atoms with Crippen LogP contribution >= 0.6 is 0 Å². The Bertz CT molecular complexity index is 439. The third-order valence-corrected chi connectivity index (χ3v) is 6.38. The molecule has 29 heavy (non-hydrogen) atoms. The molecule has 0 radical (unpaired) electrons. The van der Waals surface area contributed by atoms with Crippen molar-refractivity contribution in [3.05, 3.63) is 35.9 Å². The number of hydrogen-bond donors (Lipinski definition) is 0. The van der Waals surface area contributed by atoms with E-state index in [0.717, 1.165) is 5.92 Å². The van der Waals surface area contributed by atoms with E-state index in [1.807, 2.05) is 0 Å². The zero-order valence-corrected chi connectivity index (χ0v) is 20.1. The van der Waals surface area contributed by atoms with Crippen molar-refractivity contribution >= 4 is 0 Å². The molecule has 1 atom stereocenters. The number of aryl methyl sites for hydroxylation is 1. The maximum atomic E-state index is 2.35. The fourth-order valence-corrected chi connectivity index (χ4v) is 4.34. The number of unbranched alkanes of at least 4 members (excludes halogenated alkanes) is 12. The normalized spacial score (nSPS) is 12.6. The van der Waals surface area contributed by atoms with Crippen LogP contribution in [0.1, 0.15) is 115 Å². The highest BCUT2D eigenvalue weighted by molar-refractivity contribution is 5.14. The van der Waals surface area contributed by atoms with Crippen LogP contribution in [0.15, 0.2) is 30.3 Å². The first-order chi connectivity index (χ1) is 14.2. The molecule has 0 bridgehead atoms. The lowest BCUT2D eigenvalue weighted by Gasteiger charge is -2.19. The fraction of sp³-hybridized carbons (Fsp3) is 0.786. The van der Waals surface area contributed by atoms with Crippen molar-refractivity contribution < 1.29 is 0 Å². The maximum absolute atomic E-state index is 2.35. The second kappa shape index (κ2) is 19.2. The lowest BCUT2D eigenvalue weighted by molar-refractivity contribution is 0.321. The summed E-state index contributed by atoms with van der Waals surface area (Å²) in [6.07, 6.45) is 24.3. The molecular formula is C28H51N. The van der Waals surface area contributed by atoms with Crippen LogP contribution in [0.3, 0.4) is 0 Å². The number of benzene rings is 1. The van der Waals surface area contributed by atoms with Crippen LogP contribution in [0.2, 0.25) is 0 Å². The molecule has 1 heteroatoms. The molecule has 0 saturated carbocycles. The topological polar surface area (TPSA) is 3.24 Å². The molecule has 1 unspecified atom stereocenters. The Hall–Kier alpha value is -0.820. The molecule has 0 aliphatic heterocycles. The quantitative estimate of drug-likeness (QED) is 0.197. The van der Waals surface area contributed by atoms with Gasteiger partial charge in [-0.05, 0) is 51.4 Å². The highest BCUT2D eigenvalue weighted by Gasteiger charge is 2.09. The molecular weight excluding hydrogens is 350 g/mol. The van der Waals surface area contributed by atoms with E-state index in [0.29, 0.717) is 0 Å². The summed E-state index contributed by atoms with van der Waals surface area (Å²) < 4.78 is 0. The number of rotatable bonds is 20. The third kappa shape index (κ3) is 16.6. The van der Waals surface area contributed by atoms with E-state index in [2.05, 4.69) is 56.3 Å². The van der Waals surface area contributed by atoms with Crippen molar-refractivity contribution in [3.63, 3.8) is 0 Å². The van der Waals surface area contributed by atoms with Crippen LogP contribution < -0.4 is 0 Å². The molecule has 1 nitrogen and oxygen atoms in total. The van der Waals surface area contributed by atoms with E-state index in [4.69, 9.17) is 0 Å². The van der Waals surface area contributed by atoms with Crippen molar-refractivity contribution in [2.75, 3.05) is 20.6 Å². The van der Waals surface area contributed by atoms with E-state index < -0.39 is 0 Å². The molecule has 0 aromatic heterocycles. The lowest BCUT2D eigenvalue weighted by atomic mass is 9.91. The Balaban J connectivity index is 2.02. The van der Waals surface area contributed by atoms with E-state index in [9.17, 15) is 0 Å². The maximum Gasteiger partial charge on any atom is -0.00222 e. The van der Waals surface area contributed by atoms with Gasteiger partial charge in [0.25, 0.3) is 0 Å². The van der Waals surface area contributed by atoms with Crippen LogP contribution in [0, 0.1) is 5.92 Å². The predicted octanol–water partition coefficient (Wildman–Crippen LogP) is 8.67. The monoisotopic (exact) mass is 401 g/mol. The van der Waals surface area contributed by atoms with Gasteiger partial charge in [-0.3, -0.25) is 0 Å². The summed E-state index contributed by atoms with van der Waals surface area (Å²) >= 11 is 0. The van der Waals surface area contributed by atoms with Gasteiger partial charge in [0.1, 0.15) is 0 Å². The standard InChI is InChI=1S/C28H51N/c1-4-5-6-7-8-9-10-11-12-13-14-15-17-22-28(25-26-29(2)3)24-23-27-20-18-16-19-21-27/h16,18-21,28H,4-15,17,22-26H2,1-3H3. The molecule has 0 aliphatic carbocycles. The van der Waals surface area contributed by atoms with Crippen LogP contribution in [0.4, 0.5) is 0 Å². The molecule has 0 fully saturated rings. The average Bonchev–Trinajstić information content (AvgIpc) is 2.73. The molecule has 0 N–H and O–H groups in total. The van der Waals surface area contributed by atoms with Gasteiger partial charge in [0.05, 0.1) is 0 Å². The van der Waals surface area contributed by atoms with Crippen LogP contribution in [0.25, 0.3) is 0 Å². The molecule has 1 aromatic carbocycles. The van der Waals surface area contributed by atoms with Crippen LogP contribution in [-0.2, 0) is 6.42 Å². The van der Waals surface area contributed by atoms with Crippen molar-refractivity contribution in [2.24, 2.45) is 5.92 Å². The Morgan fingerprint density at radius 2 is 1.14 bits per heavy atom. The summed E-state index contributed by atoms with van der Waals surface area (Å²) in [5.41, 5.74) is 1.51. The van der Waals surface area contributed by atoms with Crippen molar-refractivity contribution in [3.8, 4) is 0 Å². The molecule has 0 amide bonds. The predicted molar refractivity (Wildman–Crippen MR) is 132 cm³/mol. The van der Waals surface area contributed by atoms with E-state index >= 15 is 0 Å². The lowest BCUT2D eigenvalue weighted by Crippen LogP contribution is -2.17. The molecule has 0 heterocycles. The van der Waals surface area contributed by atoms with Gasteiger partial charge in [0, 0.05) is 0 Å². The van der Waals surface area contributed by atoms with Crippen LogP contribution in [0.5, 0.6) is 0 Å². The summed E-state index contributed by atoms with van der Waals surface area (Å²) in [6, 6.07) is 11.1. The largest absolute Gasteiger partial charge is 0.309 e. The highest BCUT2D eigenvalue weighted by Crippen LogP contribution is 2.21. The van der Waals surface area contributed by atoms with Gasteiger partial charge in [-0.1, -0.05) is 127 Å². The van der Waals surface area contributed by atoms with Gasteiger partial charge in [-0.25, -0.2) is 0 Å². The Labute approximate surface area is 183 Å². The second-order valence-electron chi connectivity index (χ2n) is 9.51. The minimum Gasteiger partial charge on any atom is -0.309 e. The summed E-state index contributed by atoms with van der Waals surface area (Å²) in [5.74, 6) is 0.894. The summed E-state index contributed by atoms with van der Waals surface area (Å²) in [4.78, 5) is 2.35. The minimum atomic E-state index is 0.894. The zero-order valence-electron chi connectivity index (χ0n) is 20.1.